The summed E-state index contributed by atoms with van der Waals surface area (Å²) < 4.78 is 20.4. The van der Waals surface area contributed by atoms with Crippen LogP contribution in [0.15, 0.2) is 54.9 Å². The highest BCUT2D eigenvalue weighted by atomic mass is 19.1. The molecule has 0 spiro atoms. The van der Waals surface area contributed by atoms with Gasteiger partial charge in [-0.25, -0.2) is 9.37 Å². The number of ether oxygens (including phenoxy) is 1. The van der Waals surface area contributed by atoms with Crippen LogP contribution in [0, 0.1) is 5.82 Å². The Balaban J connectivity index is 1.39. The Bertz CT molecular complexity index is 1620. The zero-order valence-electron chi connectivity index (χ0n) is 20.8. The molecule has 1 aromatic carbocycles. The van der Waals surface area contributed by atoms with Crippen molar-refractivity contribution in [2.45, 2.75) is 6.42 Å². The van der Waals surface area contributed by atoms with Gasteiger partial charge in [0.2, 0.25) is 0 Å². The van der Waals surface area contributed by atoms with E-state index < -0.39 is 0 Å². The first kappa shape index (κ1) is 23.3. The second-order valence-electron chi connectivity index (χ2n) is 9.50. The number of aromatic amines is 2. The van der Waals surface area contributed by atoms with E-state index in [1.165, 1.54) is 17.7 Å². The molecule has 0 atom stereocenters. The SMILES string of the molecule is CN(C)CCOc1cc(F)cc(-c2ccnc3[nH]c(-c4n[nH]c5cnc(C6=CCNCC6)cc45)cc23)c1. The summed E-state index contributed by atoms with van der Waals surface area (Å²) in [4.78, 5) is 14.6. The van der Waals surface area contributed by atoms with E-state index in [-0.39, 0.29) is 5.82 Å². The first-order valence-electron chi connectivity index (χ1n) is 12.4. The van der Waals surface area contributed by atoms with E-state index in [0.29, 0.717) is 18.0 Å². The summed E-state index contributed by atoms with van der Waals surface area (Å²) in [5.74, 6) is 0.159. The Morgan fingerprint density at radius 3 is 2.84 bits per heavy atom. The highest BCUT2D eigenvalue weighted by Gasteiger charge is 2.17. The molecule has 0 unspecified atom stereocenters. The van der Waals surface area contributed by atoms with Gasteiger partial charge in [0.25, 0.3) is 0 Å². The summed E-state index contributed by atoms with van der Waals surface area (Å²) in [6.07, 6.45) is 6.69. The minimum Gasteiger partial charge on any atom is -0.492 e. The lowest BCUT2D eigenvalue weighted by molar-refractivity contribution is 0.260. The maximum Gasteiger partial charge on any atom is 0.138 e. The van der Waals surface area contributed by atoms with E-state index in [0.717, 1.165) is 70.6 Å². The maximum atomic E-state index is 14.6. The molecule has 0 radical (unpaired) electrons. The number of pyridine rings is 2. The molecule has 37 heavy (non-hydrogen) atoms. The fraction of sp³-hybridized carbons (Fsp3) is 0.250. The quantitative estimate of drug-likeness (QED) is 0.304. The number of hydrogen-bond acceptors (Lipinski definition) is 6. The van der Waals surface area contributed by atoms with Gasteiger partial charge in [-0.3, -0.25) is 10.1 Å². The largest absolute Gasteiger partial charge is 0.492 e. The highest BCUT2D eigenvalue weighted by molar-refractivity contribution is 6.00. The number of benzene rings is 1. The van der Waals surface area contributed by atoms with Gasteiger partial charge < -0.3 is 19.9 Å². The van der Waals surface area contributed by atoms with Gasteiger partial charge >= 0.3 is 0 Å². The molecule has 9 heteroatoms. The Hall–Kier alpha value is -4.08. The first-order chi connectivity index (χ1) is 18.0. The third-order valence-electron chi connectivity index (χ3n) is 6.62. The van der Waals surface area contributed by atoms with Gasteiger partial charge in [0.1, 0.15) is 29.5 Å². The maximum absolute atomic E-state index is 14.6. The second-order valence-corrected chi connectivity index (χ2v) is 9.50. The number of H-pyrrole nitrogens is 2. The topological polar surface area (TPSA) is 94.8 Å². The molecular formula is C28H28FN7O. The molecule has 0 aliphatic carbocycles. The summed E-state index contributed by atoms with van der Waals surface area (Å²) in [5, 5.41) is 12.9. The fourth-order valence-electron chi connectivity index (χ4n) is 4.71. The molecule has 188 valence electrons. The predicted octanol–water partition coefficient (Wildman–Crippen LogP) is 4.62. The van der Waals surface area contributed by atoms with Crippen LogP contribution >= 0.6 is 0 Å². The van der Waals surface area contributed by atoms with Crippen molar-refractivity contribution in [3.63, 3.8) is 0 Å². The van der Waals surface area contributed by atoms with Crippen LogP contribution < -0.4 is 10.1 Å². The van der Waals surface area contributed by atoms with Gasteiger partial charge in [-0.05, 0) is 74.1 Å². The lowest BCUT2D eigenvalue weighted by atomic mass is 10.0. The van der Waals surface area contributed by atoms with E-state index in [2.05, 4.69) is 42.6 Å². The van der Waals surface area contributed by atoms with Gasteiger partial charge in [0.15, 0.2) is 0 Å². The zero-order valence-corrected chi connectivity index (χ0v) is 20.8. The van der Waals surface area contributed by atoms with Crippen molar-refractivity contribution in [2.75, 3.05) is 40.3 Å². The summed E-state index contributed by atoms with van der Waals surface area (Å²) in [6, 6.07) is 10.8. The molecule has 6 rings (SSSR count). The van der Waals surface area contributed by atoms with Crippen molar-refractivity contribution in [3.8, 4) is 28.3 Å². The van der Waals surface area contributed by atoms with E-state index >= 15 is 0 Å². The number of halogens is 1. The van der Waals surface area contributed by atoms with Crippen LogP contribution in [0.5, 0.6) is 5.75 Å². The van der Waals surface area contributed by atoms with Gasteiger partial charge in [0.05, 0.1) is 23.1 Å². The lowest BCUT2D eigenvalue weighted by Gasteiger charge is -2.13. The summed E-state index contributed by atoms with van der Waals surface area (Å²) >= 11 is 0. The second kappa shape index (κ2) is 9.76. The van der Waals surface area contributed by atoms with Gasteiger partial charge in [-0.2, -0.15) is 5.10 Å². The molecule has 1 aliphatic heterocycles. The first-order valence-corrected chi connectivity index (χ1v) is 12.4. The molecule has 4 aromatic heterocycles. The lowest BCUT2D eigenvalue weighted by Crippen LogP contribution is -2.20. The van der Waals surface area contributed by atoms with Gasteiger partial charge in [-0.1, -0.05) is 6.08 Å². The average molecular weight is 498 g/mol. The van der Waals surface area contributed by atoms with Gasteiger partial charge in [-0.15, -0.1) is 0 Å². The number of rotatable bonds is 7. The molecule has 5 aromatic rings. The fourth-order valence-corrected chi connectivity index (χ4v) is 4.71. The van der Waals surface area contributed by atoms with Crippen molar-refractivity contribution in [2.24, 2.45) is 0 Å². The number of nitrogens with zero attached hydrogens (tertiary/aromatic N) is 4. The normalized spacial score (nSPS) is 14.0. The molecule has 0 saturated heterocycles. The molecule has 0 saturated carbocycles. The van der Waals surface area contributed by atoms with Crippen LogP contribution in [-0.4, -0.2) is 70.4 Å². The predicted molar refractivity (Wildman–Crippen MR) is 144 cm³/mol. The number of nitrogens with one attached hydrogen (secondary N) is 3. The smallest absolute Gasteiger partial charge is 0.138 e. The van der Waals surface area contributed by atoms with Crippen LogP contribution in [-0.2, 0) is 0 Å². The molecule has 5 heterocycles. The number of likely N-dealkylation sites (N-methyl/N-ethyl adjacent to an activating group) is 1. The Morgan fingerprint density at radius 1 is 1.08 bits per heavy atom. The summed E-state index contributed by atoms with van der Waals surface area (Å²) in [7, 11) is 3.95. The van der Waals surface area contributed by atoms with Gasteiger partial charge in [0, 0.05) is 36.1 Å². The Kier molecular flexibility index (Phi) is 6.15. The van der Waals surface area contributed by atoms with Crippen molar-refractivity contribution in [1.82, 2.24) is 35.4 Å². The van der Waals surface area contributed by atoms with E-state index in [1.54, 1.807) is 6.20 Å². The Morgan fingerprint density at radius 2 is 2.00 bits per heavy atom. The number of hydrogen-bond donors (Lipinski definition) is 3. The average Bonchev–Trinajstić information content (AvgIpc) is 3.52. The number of fused-ring (bicyclic) bond motifs is 2. The third-order valence-corrected chi connectivity index (χ3v) is 6.62. The summed E-state index contributed by atoms with van der Waals surface area (Å²) in [5.41, 5.74) is 7.00. The van der Waals surface area contributed by atoms with Crippen LogP contribution in [0.2, 0.25) is 0 Å². The molecule has 1 aliphatic rings. The van der Waals surface area contributed by atoms with Crippen LogP contribution in [0.1, 0.15) is 12.1 Å². The van der Waals surface area contributed by atoms with E-state index in [4.69, 9.17) is 4.74 Å². The van der Waals surface area contributed by atoms with Crippen molar-refractivity contribution < 1.29 is 9.13 Å². The monoisotopic (exact) mass is 497 g/mol. The standard InChI is InChI=1S/C28H28FN7O/c1-36(2)9-10-37-20-12-18(11-19(29)13-20)21-5-8-31-28-22(21)14-25(33-28)27-23-15-24(17-3-6-30-7-4-17)32-16-26(23)34-35-27/h3,5,8,11-16,30H,4,6-7,9-10H2,1-2H3,(H,31,33)(H,34,35). The highest BCUT2D eigenvalue weighted by Crippen LogP contribution is 2.35. The molecule has 0 amide bonds. The van der Waals surface area contributed by atoms with Crippen molar-refractivity contribution in [1.29, 1.82) is 0 Å². The molecular weight excluding hydrogens is 469 g/mol. The Labute approximate surface area is 213 Å². The minimum absolute atomic E-state index is 0.344. The van der Waals surface area contributed by atoms with Crippen molar-refractivity contribution >= 4 is 27.5 Å². The minimum atomic E-state index is -0.344. The molecule has 0 fully saturated rings. The van der Waals surface area contributed by atoms with Crippen molar-refractivity contribution in [3.05, 3.63) is 66.4 Å². The molecule has 8 nitrogen and oxygen atoms in total. The van der Waals surface area contributed by atoms with E-state index in [1.807, 2.05) is 43.4 Å². The van der Waals surface area contributed by atoms with Crippen LogP contribution in [0.4, 0.5) is 4.39 Å². The zero-order chi connectivity index (χ0) is 25.4. The van der Waals surface area contributed by atoms with Crippen LogP contribution in [0.25, 0.3) is 50.0 Å². The van der Waals surface area contributed by atoms with Crippen LogP contribution in [0.3, 0.4) is 0 Å². The number of aromatic nitrogens is 5. The van der Waals surface area contributed by atoms with E-state index in [9.17, 15) is 4.39 Å². The molecule has 0 bridgehead atoms. The summed E-state index contributed by atoms with van der Waals surface area (Å²) in [6.45, 7) is 3.02. The third kappa shape index (κ3) is 4.71. The molecule has 3 N–H and O–H groups in total.